The van der Waals surface area contributed by atoms with Crippen molar-refractivity contribution < 1.29 is 0 Å². The van der Waals surface area contributed by atoms with Gasteiger partial charge < -0.3 is 4.90 Å². The Kier molecular flexibility index (Phi) is 4.69. The highest BCUT2D eigenvalue weighted by molar-refractivity contribution is 6.07. The number of aromatic nitrogens is 1. The summed E-state index contributed by atoms with van der Waals surface area (Å²) in [4.78, 5) is 7.12. The van der Waals surface area contributed by atoms with Gasteiger partial charge in [-0.15, -0.1) is 0 Å². The second kappa shape index (κ2) is 6.89. The van der Waals surface area contributed by atoms with Crippen LogP contribution < -0.4 is 0 Å². The van der Waals surface area contributed by atoms with Crippen LogP contribution in [0.5, 0.6) is 0 Å². The molecule has 0 saturated carbocycles. The first kappa shape index (κ1) is 15.0. The average molecular weight is 292 g/mol. The van der Waals surface area contributed by atoms with Gasteiger partial charge in [-0.1, -0.05) is 50.2 Å². The maximum Gasteiger partial charge on any atom is 0.0711 e. The van der Waals surface area contributed by atoms with Gasteiger partial charge >= 0.3 is 0 Å². The Labute approximate surface area is 132 Å². The van der Waals surface area contributed by atoms with Crippen LogP contribution in [0.25, 0.3) is 21.7 Å². The molecule has 22 heavy (non-hydrogen) atoms. The van der Waals surface area contributed by atoms with Gasteiger partial charge in [0.05, 0.1) is 5.52 Å². The summed E-state index contributed by atoms with van der Waals surface area (Å²) in [5.74, 6) is 0. The zero-order chi connectivity index (χ0) is 15.4. The number of benzene rings is 2. The molecule has 0 saturated heterocycles. The smallest absolute Gasteiger partial charge is 0.0711 e. The molecule has 0 spiro atoms. The van der Waals surface area contributed by atoms with E-state index >= 15 is 0 Å². The number of hydrogen-bond acceptors (Lipinski definition) is 2. The van der Waals surface area contributed by atoms with E-state index in [-0.39, 0.29) is 0 Å². The van der Waals surface area contributed by atoms with Gasteiger partial charge in [-0.3, -0.25) is 4.98 Å². The number of rotatable bonds is 6. The van der Waals surface area contributed by atoms with Crippen molar-refractivity contribution in [3.05, 3.63) is 54.2 Å². The van der Waals surface area contributed by atoms with Crippen LogP contribution in [0.15, 0.2) is 48.7 Å². The predicted octanol–water partition coefficient (Wildman–Crippen LogP) is 4.66. The van der Waals surface area contributed by atoms with Gasteiger partial charge in [0.1, 0.15) is 0 Å². The van der Waals surface area contributed by atoms with Gasteiger partial charge in [-0.05, 0) is 49.5 Å². The number of pyridine rings is 1. The molecular formula is C20H24N2. The van der Waals surface area contributed by atoms with E-state index < -0.39 is 0 Å². The second-order valence-electron chi connectivity index (χ2n) is 5.79. The van der Waals surface area contributed by atoms with Crippen molar-refractivity contribution in [1.29, 1.82) is 0 Å². The fourth-order valence-electron chi connectivity index (χ4n) is 3.22. The van der Waals surface area contributed by atoms with Crippen LogP contribution in [0.4, 0.5) is 0 Å². The Morgan fingerprint density at radius 3 is 2.59 bits per heavy atom. The summed E-state index contributed by atoms with van der Waals surface area (Å²) >= 11 is 0. The van der Waals surface area contributed by atoms with E-state index in [4.69, 9.17) is 0 Å². The molecule has 0 amide bonds. The van der Waals surface area contributed by atoms with E-state index in [1.807, 2.05) is 6.20 Å². The molecule has 1 heterocycles. The van der Waals surface area contributed by atoms with Crippen molar-refractivity contribution in [3.63, 3.8) is 0 Å². The van der Waals surface area contributed by atoms with E-state index in [1.165, 1.54) is 34.7 Å². The highest BCUT2D eigenvalue weighted by atomic mass is 15.1. The molecule has 0 N–H and O–H groups in total. The quantitative estimate of drug-likeness (QED) is 0.614. The normalized spacial score (nSPS) is 11.6. The fraction of sp³-hybridized carbons (Fsp3) is 0.350. The summed E-state index contributed by atoms with van der Waals surface area (Å²) in [6.07, 6.45) is 4.30. The minimum atomic E-state index is 1.11. The van der Waals surface area contributed by atoms with Crippen LogP contribution in [0.3, 0.4) is 0 Å². The number of aryl methyl sites for hydroxylation is 1. The maximum absolute atomic E-state index is 4.64. The summed E-state index contributed by atoms with van der Waals surface area (Å²) in [6, 6.07) is 15.1. The van der Waals surface area contributed by atoms with E-state index in [0.29, 0.717) is 0 Å². The van der Waals surface area contributed by atoms with Crippen LogP contribution in [-0.2, 0) is 6.42 Å². The monoisotopic (exact) mass is 292 g/mol. The molecule has 2 aromatic carbocycles. The summed E-state index contributed by atoms with van der Waals surface area (Å²) in [7, 11) is 0. The Morgan fingerprint density at radius 2 is 1.77 bits per heavy atom. The van der Waals surface area contributed by atoms with Crippen LogP contribution in [0.1, 0.15) is 25.8 Å². The minimum Gasteiger partial charge on any atom is -0.304 e. The SMILES string of the molecule is CCN(CC)CCCc1cccc2ncc3ccccc3c12. The first-order chi connectivity index (χ1) is 10.8. The molecule has 0 aliphatic rings. The third-order valence-electron chi connectivity index (χ3n) is 4.52. The first-order valence-corrected chi connectivity index (χ1v) is 8.31. The van der Waals surface area contributed by atoms with Crippen molar-refractivity contribution in [2.75, 3.05) is 19.6 Å². The zero-order valence-corrected chi connectivity index (χ0v) is 13.5. The topological polar surface area (TPSA) is 16.1 Å². The molecule has 2 heteroatoms. The average Bonchev–Trinajstić information content (AvgIpc) is 2.58. The van der Waals surface area contributed by atoms with Crippen LogP contribution in [0.2, 0.25) is 0 Å². The Hall–Kier alpha value is -1.93. The van der Waals surface area contributed by atoms with Gasteiger partial charge in [0, 0.05) is 17.0 Å². The molecule has 0 bridgehead atoms. The molecule has 1 aromatic heterocycles. The van der Waals surface area contributed by atoms with Crippen molar-refractivity contribution in [1.82, 2.24) is 9.88 Å². The third kappa shape index (κ3) is 2.97. The fourth-order valence-corrected chi connectivity index (χ4v) is 3.22. The van der Waals surface area contributed by atoms with Crippen molar-refractivity contribution in [2.24, 2.45) is 0 Å². The number of nitrogens with zero attached hydrogens (tertiary/aromatic N) is 2. The van der Waals surface area contributed by atoms with E-state index in [0.717, 1.165) is 25.0 Å². The lowest BCUT2D eigenvalue weighted by atomic mass is 9.99. The molecule has 3 aromatic rings. The first-order valence-electron chi connectivity index (χ1n) is 8.31. The molecule has 3 rings (SSSR count). The summed E-state index contributed by atoms with van der Waals surface area (Å²) in [6.45, 7) is 7.91. The Morgan fingerprint density at radius 1 is 0.955 bits per heavy atom. The molecule has 2 nitrogen and oxygen atoms in total. The largest absolute Gasteiger partial charge is 0.304 e. The lowest BCUT2D eigenvalue weighted by Gasteiger charge is -2.18. The zero-order valence-electron chi connectivity index (χ0n) is 13.5. The van der Waals surface area contributed by atoms with Gasteiger partial charge in [0.2, 0.25) is 0 Å². The molecule has 0 fully saturated rings. The lowest BCUT2D eigenvalue weighted by molar-refractivity contribution is 0.300. The van der Waals surface area contributed by atoms with Gasteiger partial charge in [-0.2, -0.15) is 0 Å². The summed E-state index contributed by atoms with van der Waals surface area (Å²) < 4.78 is 0. The van der Waals surface area contributed by atoms with E-state index in [9.17, 15) is 0 Å². The Balaban J connectivity index is 1.94. The van der Waals surface area contributed by atoms with Crippen molar-refractivity contribution >= 4 is 21.7 Å². The van der Waals surface area contributed by atoms with Gasteiger partial charge in [-0.25, -0.2) is 0 Å². The molecule has 0 aliphatic carbocycles. The molecule has 0 atom stereocenters. The second-order valence-corrected chi connectivity index (χ2v) is 5.79. The van der Waals surface area contributed by atoms with Crippen LogP contribution in [0, 0.1) is 0 Å². The third-order valence-corrected chi connectivity index (χ3v) is 4.52. The van der Waals surface area contributed by atoms with E-state index in [1.54, 1.807) is 0 Å². The van der Waals surface area contributed by atoms with Crippen molar-refractivity contribution in [3.8, 4) is 0 Å². The summed E-state index contributed by atoms with van der Waals surface area (Å²) in [5, 5.41) is 3.89. The van der Waals surface area contributed by atoms with Crippen LogP contribution in [-0.4, -0.2) is 29.5 Å². The van der Waals surface area contributed by atoms with Gasteiger partial charge in [0.25, 0.3) is 0 Å². The lowest BCUT2D eigenvalue weighted by Crippen LogP contribution is -2.24. The highest BCUT2D eigenvalue weighted by Crippen LogP contribution is 2.27. The highest BCUT2D eigenvalue weighted by Gasteiger charge is 2.07. The molecule has 0 unspecified atom stereocenters. The molecule has 114 valence electrons. The standard InChI is InChI=1S/C20H24N2/c1-3-22(4-2)14-8-11-16-10-7-13-19-20(16)18-12-6-5-9-17(18)15-21-19/h5-7,9-10,12-13,15H,3-4,8,11,14H2,1-2H3. The minimum absolute atomic E-state index is 1.11. The van der Waals surface area contributed by atoms with Crippen LogP contribution >= 0.6 is 0 Å². The van der Waals surface area contributed by atoms with E-state index in [2.05, 4.69) is 66.2 Å². The predicted molar refractivity (Wildman–Crippen MR) is 95.4 cm³/mol. The summed E-state index contributed by atoms with van der Waals surface area (Å²) in [5.41, 5.74) is 2.54. The number of fused-ring (bicyclic) bond motifs is 3. The molecule has 0 aliphatic heterocycles. The molecular weight excluding hydrogens is 268 g/mol. The van der Waals surface area contributed by atoms with Gasteiger partial charge in [0.15, 0.2) is 0 Å². The Bertz CT molecular complexity index is 760. The van der Waals surface area contributed by atoms with Crippen molar-refractivity contribution in [2.45, 2.75) is 26.7 Å². The molecule has 0 radical (unpaired) electrons. The maximum atomic E-state index is 4.64. The number of hydrogen-bond donors (Lipinski definition) is 0.